The van der Waals surface area contributed by atoms with Crippen LogP contribution in [0.3, 0.4) is 0 Å². The van der Waals surface area contributed by atoms with E-state index in [4.69, 9.17) is 0 Å². The molecule has 130 valence electrons. The first-order valence-corrected chi connectivity index (χ1v) is 9.04. The van der Waals surface area contributed by atoms with Crippen LogP contribution in [-0.2, 0) is 6.54 Å². The van der Waals surface area contributed by atoms with Crippen LogP contribution < -0.4 is 15.5 Å². The minimum Gasteiger partial charge on any atom is -0.375 e. The fourth-order valence-corrected chi connectivity index (χ4v) is 2.11. The fraction of sp³-hybridized carbons (Fsp3) is 0.588. The average molecular weight is 341 g/mol. The SMILES string of the molecule is CCNC(=NCc1ccc(N(C)C)c(F)c1)NCC(C)(C)SC. The zero-order valence-electron chi connectivity index (χ0n) is 15.0. The Balaban J connectivity index is 2.75. The lowest BCUT2D eigenvalue weighted by Gasteiger charge is -2.23. The van der Waals surface area contributed by atoms with Gasteiger partial charge in [0.15, 0.2) is 5.96 Å². The van der Waals surface area contributed by atoms with Gasteiger partial charge in [0.2, 0.25) is 0 Å². The number of anilines is 1. The van der Waals surface area contributed by atoms with Gasteiger partial charge < -0.3 is 15.5 Å². The van der Waals surface area contributed by atoms with Gasteiger partial charge in [-0.1, -0.05) is 6.07 Å². The van der Waals surface area contributed by atoms with Gasteiger partial charge in [-0.05, 0) is 44.7 Å². The lowest BCUT2D eigenvalue weighted by Crippen LogP contribution is -2.43. The van der Waals surface area contributed by atoms with E-state index in [1.807, 2.05) is 38.8 Å². The van der Waals surface area contributed by atoms with Crippen LogP contribution in [0, 0.1) is 5.82 Å². The van der Waals surface area contributed by atoms with Gasteiger partial charge in [0, 0.05) is 31.9 Å². The Morgan fingerprint density at radius 3 is 2.52 bits per heavy atom. The number of thioether (sulfide) groups is 1. The standard InChI is InChI=1S/C17H29FN4S/c1-7-19-16(21-12-17(2,3)23-6)20-11-13-8-9-15(22(4)5)14(18)10-13/h8-10H,7,11-12H2,1-6H3,(H2,19,20,21). The molecule has 0 aliphatic carbocycles. The van der Waals surface area contributed by atoms with Gasteiger partial charge in [-0.2, -0.15) is 11.8 Å². The molecule has 0 aliphatic rings. The molecular formula is C17H29FN4S. The Labute approximate surface area is 143 Å². The largest absolute Gasteiger partial charge is 0.375 e. The molecule has 0 aliphatic heterocycles. The van der Waals surface area contributed by atoms with E-state index in [0.717, 1.165) is 24.6 Å². The lowest BCUT2D eigenvalue weighted by molar-refractivity contribution is 0.623. The van der Waals surface area contributed by atoms with Crippen LogP contribution in [0.2, 0.25) is 0 Å². The van der Waals surface area contributed by atoms with E-state index in [2.05, 4.69) is 35.7 Å². The summed E-state index contributed by atoms with van der Waals surface area (Å²) in [5.41, 5.74) is 1.44. The van der Waals surface area contributed by atoms with Crippen LogP contribution in [0.5, 0.6) is 0 Å². The molecule has 0 fully saturated rings. The second-order valence-corrected chi connectivity index (χ2v) is 7.71. The number of aliphatic imine (C=N–C) groups is 1. The topological polar surface area (TPSA) is 39.7 Å². The van der Waals surface area contributed by atoms with Crippen LogP contribution in [0.15, 0.2) is 23.2 Å². The van der Waals surface area contributed by atoms with E-state index in [-0.39, 0.29) is 10.6 Å². The molecule has 0 spiro atoms. The van der Waals surface area contributed by atoms with Crippen molar-refractivity contribution in [3.05, 3.63) is 29.6 Å². The predicted molar refractivity (Wildman–Crippen MR) is 101 cm³/mol. The van der Waals surface area contributed by atoms with E-state index < -0.39 is 0 Å². The Bertz CT molecular complexity index is 529. The summed E-state index contributed by atoms with van der Waals surface area (Å²) in [7, 11) is 3.66. The normalized spacial score (nSPS) is 12.2. The molecule has 0 saturated heterocycles. The van der Waals surface area contributed by atoms with Crippen molar-refractivity contribution in [2.75, 3.05) is 38.3 Å². The number of benzene rings is 1. The first kappa shape index (κ1) is 19.6. The second-order valence-electron chi connectivity index (χ2n) is 6.19. The van der Waals surface area contributed by atoms with E-state index in [1.54, 1.807) is 17.0 Å². The molecule has 4 nitrogen and oxygen atoms in total. The zero-order valence-corrected chi connectivity index (χ0v) is 15.9. The summed E-state index contributed by atoms with van der Waals surface area (Å²) in [5.74, 6) is 0.538. The second kappa shape index (κ2) is 9.01. The van der Waals surface area contributed by atoms with E-state index in [9.17, 15) is 4.39 Å². The average Bonchev–Trinajstić information content (AvgIpc) is 2.49. The van der Waals surface area contributed by atoms with Crippen LogP contribution in [-0.4, -0.2) is 44.1 Å². The van der Waals surface area contributed by atoms with Crippen molar-refractivity contribution in [3.8, 4) is 0 Å². The van der Waals surface area contributed by atoms with Gasteiger partial charge in [-0.25, -0.2) is 9.38 Å². The van der Waals surface area contributed by atoms with E-state index in [0.29, 0.717) is 12.2 Å². The van der Waals surface area contributed by atoms with Crippen molar-refractivity contribution in [1.29, 1.82) is 0 Å². The highest BCUT2D eigenvalue weighted by Crippen LogP contribution is 2.20. The molecule has 0 bridgehead atoms. The Hall–Kier alpha value is -1.43. The molecule has 1 rings (SSSR count). The molecule has 0 amide bonds. The van der Waals surface area contributed by atoms with E-state index >= 15 is 0 Å². The number of hydrogen-bond donors (Lipinski definition) is 2. The molecule has 0 heterocycles. The minimum atomic E-state index is -0.218. The summed E-state index contributed by atoms with van der Waals surface area (Å²) in [4.78, 5) is 6.30. The van der Waals surface area contributed by atoms with Crippen molar-refractivity contribution in [3.63, 3.8) is 0 Å². The first-order chi connectivity index (χ1) is 10.8. The number of nitrogens with zero attached hydrogens (tertiary/aromatic N) is 2. The molecule has 2 N–H and O–H groups in total. The maximum atomic E-state index is 14.0. The van der Waals surface area contributed by atoms with Crippen LogP contribution in [0.4, 0.5) is 10.1 Å². The highest BCUT2D eigenvalue weighted by molar-refractivity contribution is 7.99. The Morgan fingerprint density at radius 1 is 1.30 bits per heavy atom. The zero-order chi connectivity index (χ0) is 17.5. The third-order valence-electron chi connectivity index (χ3n) is 3.49. The summed E-state index contributed by atoms with van der Waals surface area (Å²) in [6.07, 6.45) is 2.10. The highest BCUT2D eigenvalue weighted by Gasteiger charge is 2.16. The van der Waals surface area contributed by atoms with Gasteiger partial charge in [-0.15, -0.1) is 0 Å². The predicted octanol–water partition coefficient (Wildman–Crippen LogP) is 3.09. The molecule has 0 saturated carbocycles. The Kier molecular flexibility index (Phi) is 7.68. The molecule has 1 aromatic carbocycles. The van der Waals surface area contributed by atoms with E-state index in [1.165, 1.54) is 0 Å². The number of halogens is 1. The fourth-order valence-electron chi connectivity index (χ4n) is 1.89. The number of hydrogen-bond acceptors (Lipinski definition) is 3. The molecule has 23 heavy (non-hydrogen) atoms. The van der Waals surface area contributed by atoms with Gasteiger partial charge in [0.1, 0.15) is 5.82 Å². The summed E-state index contributed by atoms with van der Waals surface area (Å²) in [6, 6.07) is 5.25. The van der Waals surface area contributed by atoms with Gasteiger partial charge >= 0.3 is 0 Å². The van der Waals surface area contributed by atoms with Crippen molar-refractivity contribution in [2.24, 2.45) is 4.99 Å². The minimum absolute atomic E-state index is 0.135. The van der Waals surface area contributed by atoms with Crippen LogP contribution in [0.25, 0.3) is 0 Å². The monoisotopic (exact) mass is 340 g/mol. The molecule has 0 atom stereocenters. The van der Waals surface area contributed by atoms with Crippen molar-refractivity contribution in [2.45, 2.75) is 32.1 Å². The molecule has 6 heteroatoms. The third kappa shape index (κ3) is 6.69. The smallest absolute Gasteiger partial charge is 0.191 e. The van der Waals surface area contributed by atoms with Crippen LogP contribution >= 0.6 is 11.8 Å². The summed E-state index contributed by atoms with van der Waals surface area (Å²) >= 11 is 1.81. The first-order valence-electron chi connectivity index (χ1n) is 7.82. The number of rotatable bonds is 7. The number of guanidine groups is 1. The van der Waals surface area contributed by atoms with Gasteiger partial charge in [0.05, 0.1) is 12.2 Å². The summed E-state index contributed by atoms with van der Waals surface area (Å²) < 4.78 is 14.1. The molecule has 0 radical (unpaired) electrons. The third-order valence-corrected chi connectivity index (χ3v) is 4.74. The molecular weight excluding hydrogens is 311 g/mol. The molecule has 0 unspecified atom stereocenters. The molecule has 1 aromatic rings. The lowest BCUT2D eigenvalue weighted by atomic mass is 10.2. The highest BCUT2D eigenvalue weighted by atomic mass is 32.2. The summed E-state index contributed by atoms with van der Waals surface area (Å²) in [5, 5.41) is 6.56. The van der Waals surface area contributed by atoms with Gasteiger partial charge in [0.25, 0.3) is 0 Å². The van der Waals surface area contributed by atoms with Crippen molar-refractivity contribution < 1.29 is 4.39 Å². The Morgan fingerprint density at radius 2 is 2.00 bits per heavy atom. The number of nitrogens with one attached hydrogen (secondary N) is 2. The van der Waals surface area contributed by atoms with Crippen LogP contribution in [0.1, 0.15) is 26.3 Å². The molecule has 0 aromatic heterocycles. The maximum absolute atomic E-state index is 14.0. The van der Waals surface area contributed by atoms with Gasteiger partial charge in [-0.3, -0.25) is 0 Å². The maximum Gasteiger partial charge on any atom is 0.191 e. The van der Waals surface area contributed by atoms with Crippen molar-refractivity contribution >= 4 is 23.4 Å². The quantitative estimate of drug-likeness (QED) is 0.591. The van der Waals surface area contributed by atoms with Crippen molar-refractivity contribution in [1.82, 2.24) is 10.6 Å². The summed E-state index contributed by atoms with van der Waals surface area (Å²) in [6.45, 7) is 8.45.